The third kappa shape index (κ3) is 4.60. The number of rotatable bonds is 6. The molecule has 2 rings (SSSR count). The molecule has 0 spiro atoms. The Kier molecular flexibility index (Phi) is 6.01. The lowest BCUT2D eigenvalue weighted by Gasteiger charge is -2.15. The van der Waals surface area contributed by atoms with Crippen LogP contribution in [-0.2, 0) is 11.2 Å². The number of hydrogen-bond donors (Lipinski definition) is 1. The molecular formula is C18H20FNOS. The van der Waals surface area contributed by atoms with Gasteiger partial charge in [0.1, 0.15) is 5.82 Å². The first-order valence-corrected chi connectivity index (χ1v) is 8.49. The van der Waals surface area contributed by atoms with E-state index in [9.17, 15) is 9.18 Å². The summed E-state index contributed by atoms with van der Waals surface area (Å²) in [5.74, 6) is -0.319. The van der Waals surface area contributed by atoms with Crippen molar-refractivity contribution >= 4 is 17.7 Å². The second-order valence-electron chi connectivity index (χ2n) is 5.15. The van der Waals surface area contributed by atoms with Gasteiger partial charge in [-0.25, -0.2) is 4.39 Å². The fourth-order valence-electron chi connectivity index (χ4n) is 2.24. The first-order valence-electron chi connectivity index (χ1n) is 7.27. The van der Waals surface area contributed by atoms with E-state index < -0.39 is 0 Å². The Bertz CT molecular complexity index is 627. The molecule has 1 amide bonds. The Labute approximate surface area is 135 Å². The van der Waals surface area contributed by atoms with Gasteiger partial charge in [0.05, 0.1) is 6.04 Å². The molecule has 0 aliphatic rings. The zero-order valence-electron chi connectivity index (χ0n) is 12.8. The lowest BCUT2D eigenvalue weighted by molar-refractivity contribution is -0.121. The molecule has 0 heterocycles. The van der Waals surface area contributed by atoms with Crippen LogP contribution in [0.4, 0.5) is 4.39 Å². The second-order valence-corrected chi connectivity index (χ2v) is 6.03. The fraction of sp³-hybridized carbons (Fsp3) is 0.278. The summed E-state index contributed by atoms with van der Waals surface area (Å²) >= 11 is 1.69. The van der Waals surface area contributed by atoms with Crippen molar-refractivity contribution in [2.75, 3.05) is 6.26 Å². The normalized spacial score (nSPS) is 12.0. The van der Waals surface area contributed by atoms with Crippen molar-refractivity contribution in [2.45, 2.75) is 30.7 Å². The summed E-state index contributed by atoms with van der Waals surface area (Å²) in [4.78, 5) is 13.2. The number of amides is 1. The minimum Gasteiger partial charge on any atom is -0.350 e. The Hall–Kier alpha value is -1.81. The van der Waals surface area contributed by atoms with Crippen LogP contribution in [0.2, 0.25) is 0 Å². The topological polar surface area (TPSA) is 29.1 Å². The molecule has 1 N–H and O–H groups in total. The van der Waals surface area contributed by atoms with Crippen LogP contribution in [0.1, 0.15) is 30.5 Å². The van der Waals surface area contributed by atoms with Crippen molar-refractivity contribution in [3.05, 3.63) is 65.5 Å². The van der Waals surface area contributed by atoms with E-state index in [1.54, 1.807) is 30.0 Å². The number of carbonyl (C=O) groups excluding carboxylic acids is 1. The Morgan fingerprint density at radius 3 is 2.50 bits per heavy atom. The van der Waals surface area contributed by atoms with Gasteiger partial charge in [-0.15, -0.1) is 11.8 Å². The van der Waals surface area contributed by atoms with Crippen molar-refractivity contribution in [3.8, 4) is 0 Å². The molecule has 2 nitrogen and oxygen atoms in total. The van der Waals surface area contributed by atoms with Crippen LogP contribution < -0.4 is 5.32 Å². The summed E-state index contributed by atoms with van der Waals surface area (Å²) in [5, 5.41) is 2.96. The number of hydrogen-bond acceptors (Lipinski definition) is 2. The van der Waals surface area contributed by atoms with Gasteiger partial charge in [0.15, 0.2) is 0 Å². The molecule has 2 aromatic rings. The van der Waals surface area contributed by atoms with Crippen molar-refractivity contribution in [3.63, 3.8) is 0 Å². The van der Waals surface area contributed by atoms with Crippen molar-refractivity contribution in [2.24, 2.45) is 0 Å². The van der Waals surface area contributed by atoms with Crippen molar-refractivity contribution < 1.29 is 9.18 Å². The molecule has 0 aliphatic heterocycles. The number of halogens is 1. The largest absolute Gasteiger partial charge is 0.350 e. The van der Waals surface area contributed by atoms with Crippen LogP contribution in [-0.4, -0.2) is 12.2 Å². The lowest BCUT2D eigenvalue weighted by Crippen LogP contribution is -2.26. The van der Waals surface area contributed by atoms with Crippen LogP contribution in [0.15, 0.2) is 53.4 Å². The summed E-state index contributed by atoms with van der Waals surface area (Å²) in [7, 11) is 0. The second kappa shape index (κ2) is 7.99. The highest BCUT2D eigenvalue weighted by atomic mass is 32.2. The molecule has 0 aliphatic carbocycles. The maximum absolute atomic E-state index is 13.5. The van der Waals surface area contributed by atoms with E-state index in [1.807, 2.05) is 37.4 Å². The van der Waals surface area contributed by atoms with Crippen LogP contribution in [0, 0.1) is 5.82 Å². The van der Waals surface area contributed by atoms with E-state index in [2.05, 4.69) is 5.32 Å². The summed E-state index contributed by atoms with van der Waals surface area (Å²) in [6.45, 7) is 1.95. The van der Waals surface area contributed by atoms with Gasteiger partial charge in [-0.1, -0.05) is 30.3 Å². The lowest BCUT2D eigenvalue weighted by atomic mass is 10.1. The van der Waals surface area contributed by atoms with Crippen LogP contribution in [0.25, 0.3) is 0 Å². The summed E-state index contributed by atoms with van der Waals surface area (Å²) < 4.78 is 13.5. The number of nitrogens with one attached hydrogen (secondary N) is 1. The van der Waals surface area contributed by atoms with E-state index in [4.69, 9.17) is 0 Å². The summed E-state index contributed by atoms with van der Waals surface area (Å²) in [6, 6.07) is 14.6. The van der Waals surface area contributed by atoms with Gasteiger partial charge in [0, 0.05) is 11.3 Å². The third-order valence-electron chi connectivity index (χ3n) is 3.57. The number of aryl methyl sites for hydroxylation is 1. The van der Waals surface area contributed by atoms with E-state index in [0.29, 0.717) is 12.0 Å². The first kappa shape index (κ1) is 16.6. The predicted octanol–water partition coefficient (Wildman–Crippen LogP) is 4.36. The minimum atomic E-state index is -0.254. The number of benzene rings is 2. The molecule has 0 saturated heterocycles. The Balaban J connectivity index is 1.87. The number of carbonyl (C=O) groups is 1. The number of thioether (sulfide) groups is 1. The molecule has 0 radical (unpaired) electrons. The van der Waals surface area contributed by atoms with Crippen LogP contribution >= 0.6 is 11.8 Å². The maximum atomic E-state index is 13.5. The Morgan fingerprint density at radius 1 is 1.18 bits per heavy atom. The molecule has 0 fully saturated rings. The molecule has 4 heteroatoms. The quantitative estimate of drug-likeness (QED) is 0.802. The van der Waals surface area contributed by atoms with Crippen LogP contribution in [0.5, 0.6) is 0 Å². The van der Waals surface area contributed by atoms with E-state index in [1.165, 1.54) is 11.0 Å². The first-order chi connectivity index (χ1) is 10.6. The average molecular weight is 317 g/mol. The average Bonchev–Trinajstić information content (AvgIpc) is 2.54. The summed E-state index contributed by atoms with van der Waals surface area (Å²) in [5.41, 5.74) is 1.65. The van der Waals surface area contributed by atoms with E-state index in [-0.39, 0.29) is 24.2 Å². The van der Waals surface area contributed by atoms with E-state index >= 15 is 0 Å². The fourth-order valence-corrected chi connectivity index (χ4v) is 2.65. The standard InChI is InChI=1S/C18H20FNOS/c1-13(14-7-10-16(22-2)11-8-14)20-18(21)12-9-15-5-3-4-6-17(15)19/h3-8,10-11,13H,9,12H2,1-2H3,(H,20,21). The predicted molar refractivity (Wildman–Crippen MR) is 89.5 cm³/mol. The monoisotopic (exact) mass is 317 g/mol. The molecule has 2 aromatic carbocycles. The smallest absolute Gasteiger partial charge is 0.220 e. The van der Waals surface area contributed by atoms with Gasteiger partial charge >= 0.3 is 0 Å². The molecular weight excluding hydrogens is 297 g/mol. The molecule has 0 bridgehead atoms. The highest BCUT2D eigenvalue weighted by Crippen LogP contribution is 2.19. The SMILES string of the molecule is CSc1ccc(C(C)NC(=O)CCc2ccccc2F)cc1. The van der Waals surface area contributed by atoms with E-state index in [0.717, 1.165) is 5.56 Å². The molecule has 0 aromatic heterocycles. The third-order valence-corrected chi connectivity index (χ3v) is 4.32. The van der Waals surface area contributed by atoms with Crippen molar-refractivity contribution in [1.29, 1.82) is 0 Å². The molecule has 1 atom stereocenters. The highest BCUT2D eigenvalue weighted by Gasteiger charge is 2.10. The van der Waals surface area contributed by atoms with Crippen molar-refractivity contribution in [1.82, 2.24) is 5.32 Å². The highest BCUT2D eigenvalue weighted by molar-refractivity contribution is 7.98. The van der Waals surface area contributed by atoms with Gasteiger partial charge in [-0.05, 0) is 48.9 Å². The zero-order valence-corrected chi connectivity index (χ0v) is 13.6. The van der Waals surface area contributed by atoms with Gasteiger partial charge in [0.25, 0.3) is 0 Å². The van der Waals surface area contributed by atoms with Gasteiger partial charge in [-0.3, -0.25) is 4.79 Å². The van der Waals surface area contributed by atoms with Gasteiger partial charge < -0.3 is 5.32 Å². The Morgan fingerprint density at radius 2 is 1.86 bits per heavy atom. The zero-order chi connectivity index (χ0) is 15.9. The maximum Gasteiger partial charge on any atom is 0.220 e. The summed E-state index contributed by atoms with van der Waals surface area (Å²) in [6.07, 6.45) is 2.73. The molecule has 22 heavy (non-hydrogen) atoms. The minimum absolute atomic E-state index is 0.0518. The van der Waals surface area contributed by atoms with Gasteiger partial charge in [-0.2, -0.15) is 0 Å². The molecule has 116 valence electrons. The van der Waals surface area contributed by atoms with Crippen LogP contribution in [0.3, 0.4) is 0 Å². The molecule has 1 unspecified atom stereocenters. The molecule has 0 saturated carbocycles. The van der Waals surface area contributed by atoms with Gasteiger partial charge in [0.2, 0.25) is 5.91 Å².